The summed E-state index contributed by atoms with van der Waals surface area (Å²) in [6.45, 7) is 3.68. The minimum atomic E-state index is -1.06. The molecule has 9 nitrogen and oxygen atoms in total. The summed E-state index contributed by atoms with van der Waals surface area (Å²) < 4.78 is 6.50. The molecular weight excluding hydrogens is 276 g/mol. The molecule has 3 rings (SSSR count). The Morgan fingerprint density at radius 1 is 1.48 bits per heavy atom. The van der Waals surface area contributed by atoms with Gasteiger partial charge in [-0.3, -0.25) is 0 Å². The van der Waals surface area contributed by atoms with Crippen LogP contribution in [0, 0.1) is 6.92 Å². The highest BCUT2D eigenvalue weighted by Crippen LogP contribution is 2.27. The Bertz CT molecular complexity index is 643. The second-order valence-electron chi connectivity index (χ2n) is 5.04. The molecule has 21 heavy (non-hydrogen) atoms. The van der Waals surface area contributed by atoms with E-state index >= 15 is 0 Å². The van der Waals surface area contributed by atoms with E-state index in [-0.39, 0.29) is 18.2 Å². The molecule has 3 heterocycles. The normalized spacial score (nSPS) is 16.2. The van der Waals surface area contributed by atoms with Crippen molar-refractivity contribution in [3.8, 4) is 0 Å². The largest absolute Gasteiger partial charge is 0.476 e. The Hall–Kier alpha value is -2.29. The maximum Gasteiger partial charge on any atom is 0.358 e. The minimum absolute atomic E-state index is 0.0158. The van der Waals surface area contributed by atoms with E-state index in [0.29, 0.717) is 17.4 Å². The van der Waals surface area contributed by atoms with Crippen molar-refractivity contribution in [2.45, 2.75) is 32.2 Å². The van der Waals surface area contributed by atoms with E-state index < -0.39 is 5.97 Å². The van der Waals surface area contributed by atoms with Crippen LogP contribution in [0.15, 0.2) is 4.52 Å². The highest BCUT2D eigenvalue weighted by Gasteiger charge is 2.28. The third-order valence-corrected chi connectivity index (χ3v) is 3.56. The molecular formula is C12H16N6O3. The second-order valence-corrected chi connectivity index (χ2v) is 5.04. The van der Waals surface area contributed by atoms with Gasteiger partial charge in [-0.15, -0.1) is 5.10 Å². The molecule has 2 aromatic heterocycles. The van der Waals surface area contributed by atoms with Gasteiger partial charge in [-0.2, -0.15) is 4.98 Å². The summed E-state index contributed by atoms with van der Waals surface area (Å²) in [6, 6.07) is 0. The smallest absolute Gasteiger partial charge is 0.358 e. The molecule has 1 aliphatic rings. The number of piperidine rings is 1. The van der Waals surface area contributed by atoms with Crippen LogP contribution in [-0.2, 0) is 6.54 Å². The minimum Gasteiger partial charge on any atom is -0.476 e. The van der Waals surface area contributed by atoms with Gasteiger partial charge in [0, 0.05) is 12.8 Å². The fraction of sp³-hybridized carbons (Fsp3) is 0.583. The number of nitrogens with zero attached hydrogens (tertiary/aromatic N) is 5. The van der Waals surface area contributed by atoms with Gasteiger partial charge in [0.1, 0.15) is 6.54 Å². The van der Waals surface area contributed by atoms with E-state index in [9.17, 15) is 9.90 Å². The van der Waals surface area contributed by atoms with Crippen molar-refractivity contribution in [1.29, 1.82) is 0 Å². The van der Waals surface area contributed by atoms with Crippen molar-refractivity contribution >= 4 is 5.97 Å². The van der Waals surface area contributed by atoms with Crippen LogP contribution in [0.4, 0.5) is 0 Å². The maximum absolute atomic E-state index is 11.4. The molecule has 1 aliphatic heterocycles. The first-order chi connectivity index (χ1) is 10.1. The summed E-state index contributed by atoms with van der Waals surface area (Å²) >= 11 is 0. The predicted octanol–water partition coefficient (Wildman–Crippen LogP) is 0.183. The number of carboxylic acid groups (broad SMARTS) is 1. The summed E-state index contributed by atoms with van der Waals surface area (Å²) in [6.07, 6.45) is 1.72. The molecule has 0 bridgehead atoms. The van der Waals surface area contributed by atoms with Crippen LogP contribution < -0.4 is 5.32 Å². The number of hydrogen-bond donors (Lipinski definition) is 2. The number of aromatic nitrogens is 5. The molecule has 0 amide bonds. The quantitative estimate of drug-likeness (QED) is 0.819. The maximum atomic E-state index is 11.4. The molecule has 1 saturated heterocycles. The highest BCUT2D eigenvalue weighted by atomic mass is 16.5. The van der Waals surface area contributed by atoms with Crippen LogP contribution in [0.5, 0.6) is 0 Å². The van der Waals surface area contributed by atoms with Crippen molar-refractivity contribution in [3.63, 3.8) is 0 Å². The molecule has 9 heteroatoms. The van der Waals surface area contributed by atoms with E-state index in [1.54, 1.807) is 11.6 Å². The number of aromatic carboxylic acids is 1. The first-order valence-electron chi connectivity index (χ1n) is 6.81. The molecule has 0 aromatic carbocycles. The Balaban J connectivity index is 1.93. The molecule has 0 saturated carbocycles. The van der Waals surface area contributed by atoms with Gasteiger partial charge in [-0.25, -0.2) is 9.48 Å². The van der Waals surface area contributed by atoms with Crippen molar-refractivity contribution in [2.75, 3.05) is 13.1 Å². The number of aryl methyl sites for hydroxylation is 1. The first kappa shape index (κ1) is 13.7. The molecule has 112 valence electrons. The van der Waals surface area contributed by atoms with E-state index in [4.69, 9.17) is 4.52 Å². The van der Waals surface area contributed by atoms with Gasteiger partial charge in [0.25, 0.3) is 0 Å². The second kappa shape index (κ2) is 5.60. The highest BCUT2D eigenvalue weighted by molar-refractivity contribution is 5.86. The van der Waals surface area contributed by atoms with Crippen LogP contribution in [0.2, 0.25) is 0 Å². The molecule has 2 N–H and O–H groups in total. The molecule has 1 fully saturated rings. The molecule has 2 aromatic rings. The monoisotopic (exact) mass is 292 g/mol. The number of carbonyl (C=O) groups is 1. The van der Waals surface area contributed by atoms with Crippen molar-refractivity contribution in [1.82, 2.24) is 30.5 Å². The predicted molar refractivity (Wildman–Crippen MR) is 70.0 cm³/mol. The molecule has 0 spiro atoms. The number of carboxylic acids is 1. The van der Waals surface area contributed by atoms with Gasteiger partial charge >= 0.3 is 5.97 Å². The van der Waals surface area contributed by atoms with Gasteiger partial charge in [0.15, 0.2) is 11.5 Å². The average Bonchev–Trinajstić information content (AvgIpc) is 3.07. The Morgan fingerprint density at radius 3 is 2.86 bits per heavy atom. The van der Waals surface area contributed by atoms with Gasteiger partial charge in [-0.05, 0) is 25.9 Å². The third-order valence-electron chi connectivity index (χ3n) is 3.56. The summed E-state index contributed by atoms with van der Waals surface area (Å²) in [5, 5.41) is 24.1. The third kappa shape index (κ3) is 2.77. The number of nitrogens with one attached hydrogen (secondary N) is 1. The lowest BCUT2D eigenvalue weighted by Gasteiger charge is -2.23. The molecule has 0 aliphatic carbocycles. The van der Waals surface area contributed by atoms with Crippen LogP contribution >= 0.6 is 0 Å². The van der Waals surface area contributed by atoms with Crippen LogP contribution in [0.1, 0.15) is 46.7 Å². The van der Waals surface area contributed by atoms with E-state index in [2.05, 4.69) is 25.8 Å². The summed E-state index contributed by atoms with van der Waals surface area (Å²) in [7, 11) is 0. The van der Waals surface area contributed by atoms with Gasteiger partial charge < -0.3 is 14.9 Å². The van der Waals surface area contributed by atoms with Gasteiger partial charge in [-0.1, -0.05) is 10.4 Å². The molecule has 0 unspecified atom stereocenters. The van der Waals surface area contributed by atoms with Crippen LogP contribution in [0.3, 0.4) is 0 Å². The van der Waals surface area contributed by atoms with Crippen LogP contribution in [-0.4, -0.2) is 49.3 Å². The van der Waals surface area contributed by atoms with E-state index in [1.165, 1.54) is 0 Å². The van der Waals surface area contributed by atoms with Crippen molar-refractivity contribution < 1.29 is 14.4 Å². The fourth-order valence-electron chi connectivity index (χ4n) is 2.63. The lowest BCUT2D eigenvalue weighted by molar-refractivity contribution is 0.0688. The Labute approximate surface area is 120 Å². The zero-order valence-corrected chi connectivity index (χ0v) is 11.6. The summed E-state index contributed by atoms with van der Waals surface area (Å²) in [5.41, 5.74) is 0.661. The molecule has 0 radical (unpaired) electrons. The van der Waals surface area contributed by atoms with Crippen LogP contribution in [0.25, 0.3) is 0 Å². The molecule has 0 atom stereocenters. The van der Waals surface area contributed by atoms with Gasteiger partial charge in [0.2, 0.25) is 5.89 Å². The van der Waals surface area contributed by atoms with E-state index in [1.807, 2.05) is 0 Å². The number of hydrogen-bond acceptors (Lipinski definition) is 7. The Kier molecular flexibility index (Phi) is 3.65. The van der Waals surface area contributed by atoms with Crippen molar-refractivity contribution in [3.05, 3.63) is 23.1 Å². The first-order valence-corrected chi connectivity index (χ1v) is 6.81. The summed E-state index contributed by atoms with van der Waals surface area (Å²) in [5.74, 6) is -0.00376. The topological polar surface area (TPSA) is 119 Å². The number of rotatable bonds is 4. The fourth-order valence-corrected chi connectivity index (χ4v) is 2.63. The lowest BCUT2D eigenvalue weighted by Crippen LogP contribution is -2.29. The zero-order chi connectivity index (χ0) is 14.8. The standard InChI is InChI=1S/C12H16N6O3/c1-7-14-9(16-21-7)6-18-11(8-2-4-13-5-3-8)10(12(19)20)15-17-18/h8,13H,2-6H2,1H3,(H,19,20). The van der Waals surface area contributed by atoms with E-state index in [0.717, 1.165) is 25.9 Å². The zero-order valence-electron chi connectivity index (χ0n) is 11.6. The average molecular weight is 292 g/mol. The summed E-state index contributed by atoms with van der Waals surface area (Å²) in [4.78, 5) is 15.5. The Morgan fingerprint density at radius 2 is 2.24 bits per heavy atom. The van der Waals surface area contributed by atoms with Crippen molar-refractivity contribution in [2.24, 2.45) is 0 Å². The lowest BCUT2D eigenvalue weighted by atomic mass is 9.93. The van der Waals surface area contributed by atoms with Gasteiger partial charge in [0.05, 0.1) is 5.69 Å². The SMILES string of the molecule is Cc1nc(Cn2nnc(C(=O)O)c2C2CCNCC2)no1.